The maximum Gasteiger partial charge on any atom is 0.127 e. The Kier molecular flexibility index (Phi) is 18.5. The van der Waals surface area contributed by atoms with Crippen LogP contribution in [-0.4, -0.2) is 22.9 Å². The summed E-state index contributed by atoms with van der Waals surface area (Å²) in [5, 5.41) is 0. The van der Waals surface area contributed by atoms with Gasteiger partial charge in [-0.25, -0.2) is 0 Å². The Bertz CT molecular complexity index is 625. The highest BCUT2D eigenvalue weighted by molar-refractivity contribution is 5.21. The summed E-state index contributed by atoms with van der Waals surface area (Å²) < 4.78 is 0. The average Bonchev–Trinajstić information content (AvgIpc) is 3.31. The standard InChI is InChI=1S/C34H60N2/c1-3-5-7-9-10-11-12-13-14-15-16-17-18-19-20-21-26-30-36-32-31-35(29-25-8-6-4-2)34(36)33-27-23-22-24-28-33/h22-24,27-28,31-32,34H,3-21,25-26,29-30H2,1-2H3. The van der Waals surface area contributed by atoms with E-state index in [2.05, 4.69) is 66.4 Å². The SMILES string of the molecule is CCCCCCCCCCCCCCCCCCCN1C=CN(CCCCCC)C1c1ccccc1. The number of unbranched alkanes of at least 4 members (excludes halogenated alkanes) is 19. The van der Waals surface area contributed by atoms with E-state index >= 15 is 0 Å². The number of nitrogens with zero attached hydrogens (tertiary/aromatic N) is 2. The zero-order valence-electron chi connectivity index (χ0n) is 24.3. The molecule has 1 unspecified atom stereocenters. The highest BCUT2D eigenvalue weighted by Gasteiger charge is 2.26. The lowest BCUT2D eigenvalue weighted by Gasteiger charge is -2.33. The van der Waals surface area contributed by atoms with Crippen LogP contribution in [0.5, 0.6) is 0 Å². The Balaban J connectivity index is 1.48. The Morgan fingerprint density at radius 3 is 1.17 bits per heavy atom. The Labute approximate surface area is 225 Å². The number of rotatable bonds is 24. The first-order valence-electron chi connectivity index (χ1n) is 16.1. The van der Waals surface area contributed by atoms with Crippen molar-refractivity contribution in [1.82, 2.24) is 9.80 Å². The molecule has 2 heteroatoms. The summed E-state index contributed by atoms with van der Waals surface area (Å²) in [6, 6.07) is 11.1. The molecule has 206 valence electrons. The van der Waals surface area contributed by atoms with E-state index in [4.69, 9.17) is 0 Å². The molecule has 0 spiro atoms. The van der Waals surface area contributed by atoms with Crippen molar-refractivity contribution in [2.45, 2.75) is 155 Å². The molecule has 1 aliphatic heterocycles. The van der Waals surface area contributed by atoms with Crippen molar-refractivity contribution in [3.05, 3.63) is 48.3 Å². The smallest absolute Gasteiger partial charge is 0.127 e. The third-order valence-corrected chi connectivity index (χ3v) is 7.97. The maximum absolute atomic E-state index is 2.58. The first-order valence-corrected chi connectivity index (χ1v) is 16.1. The highest BCUT2D eigenvalue weighted by Crippen LogP contribution is 2.31. The van der Waals surface area contributed by atoms with Crippen LogP contribution in [0.2, 0.25) is 0 Å². The van der Waals surface area contributed by atoms with E-state index in [1.54, 1.807) is 0 Å². The van der Waals surface area contributed by atoms with Gasteiger partial charge in [0.15, 0.2) is 0 Å². The summed E-state index contributed by atoms with van der Waals surface area (Å²) >= 11 is 0. The molecule has 2 rings (SSSR count). The fourth-order valence-corrected chi connectivity index (χ4v) is 5.67. The molecular formula is C34H60N2. The van der Waals surface area contributed by atoms with Gasteiger partial charge in [0.25, 0.3) is 0 Å². The molecule has 2 nitrogen and oxygen atoms in total. The first-order chi connectivity index (χ1) is 17.9. The van der Waals surface area contributed by atoms with Gasteiger partial charge in [-0.05, 0) is 18.4 Å². The molecule has 1 aromatic carbocycles. The molecule has 0 aliphatic carbocycles. The minimum Gasteiger partial charge on any atom is -0.352 e. The van der Waals surface area contributed by atoms with Crippen molar-refractivity contribution in [3.63, 3.8) is 0 Å². The van der Waals surface area contributed by atoms with Gasteiger partial charge in [0.2, 0.25) is 0 Å². The molecule has 0 bridgehead atoms. The molecule has 0 saturated heterocycles. The predicted molar refractivity (Wildman–Crippen MR) is 160 cm³/mol. The van der Waals surface area contributed by atoms with Gasteiger partial charge in [0, 0.05) is 25.5 Å². The largest absolute Gasteiger partial charge is 0.352 e. The number of benzene rings is 1. The van der Waals surface area contributed by atoms with Crippen molar-refractivity contribution in [3.8, 4) is 0 Å². The van der Waals surface area contributed by atoms with Crippen molar-refractivity contribution in [2.75, 3.05) is 13.1 Å². The van der Waals surface area contributed by atoms with Gasteiger partial charge in [0.05, 0.1) is 0 Å². The molecule has 0 N–H and O–H groups in total. The van der Waals surface area contributed by atoms with Crippen molar-refractivity contribution in [1.29, 1.82) is 0 Å². The minimum atomic E-state index is 0.397. The fourth-order valence-electron chi connectivity index (χ4n) is 5.67. The molecule has 1 heterocycles. The summed E-state index contributed by atoms with van der Waals surface area (Å²) in [6.07, 6.45) is 34.8. The van der Waals surface area contributed by atoms with Gasteiger partial charge >= 0.3 is 0 Å². The molecule has 1 aromatic rings. The van der Waals surface area contributed by atoms with E-state index < -0.39 is 0 Å². The molecule has 0 fully saturated rings. The lowest BCUT2D eigenvalue weighted by molar-refractivity contribution is 0.150. The van der Waals surface area contributed by atoms with Crippen LogP contribution < -0.4 is 0 Å². The Morgan fingerprint density at radius 1 is 0.444 bits per heavy atom. The maximum atomic E-state index is 2.58. The summed E-state index contributed by atoms with van der Waals surface area (Å²) in [6.45, 7) is 6.95. The van der Waals surface area contributed by atoms with Crippen molar-refractivity contribution < 1.29 is 0 Å². The lowest BCUT2D eigenvalue weighted by atomic mass is 10.0. The zero-order chi connectivity index (χ0) is 25.5. The van der Waals surface area contributed by atoms with Gasteiger partial charge in [-0.2, -0.15) is 0 Å². The predicted octanol–water partition coefficient (Wildman–Crippen LogP) is 11.0. The molecule has 0 aromatic heterocycles. The van der Waals surface area contributed by atoms with E-state index in [0.717, 1.165) is 0 Å². The zero-order valence-corrected chi connectivity index (χ0v) is 24.3. The van der Waals surface area contributed by atoms with E-state index in [0.29, 0.717) is 6.17 Å². The average molecular weight is 497 g/mol. The van der Waals surface area contributed by atoms with E-state index in [9.17, 15) is 0 Å². The third-order valence-electron chi connectivity index (χ3n) is 7.97. The third kappa shape index (κ3) is 13.8. The van der Waals surface area contributed by atoms with E-state index in [-0.39, 0.29) is 0 Å². The van der Waals surface area contributed by atoms with Crippen LogP contribution in [0.15, 0.2) is 42.7 Å². The molecule has 0 saturated carbocycles. The molecule has 0 amide bonds. The van der Waals surface area contributed by atoms with Gasteiger partial charge in [-0.3, -0.25) is 0 Å². The fraction of sp³-hybridized carbons (Fsp3) is 0.765. The van der Waals surface area contributed by atoms with Crippen LogP contribution in [-0.2, 0) is 0 Å². The van der Waals surface area contributed by atoms with Crippen LogP contribution in [0, 0.1) is 0 Å². The van der Waals surface area contributed by atoms with Crippen LogP contribution in [0.1, 0.15) is 160 Å². The second-order valence-corrected chi connectivity index (χ2v) is 11.3. The van der Waals surface area contributed by atoms with Gasteiger partial charge in [-0.1, -0.05) is 166 Å². The monoisotopic (exact) mass is 496 g/mol. The van der Waals surface area contributed by atoms with Crippen LogP contribution in [0.3, 0.4) is 0 Å². The van der Waals surface area contributed by atoms with Gasteiger partial charge in [0.1, 0.15) is 6.17 Å². The molecule has 1 aliphatic rings. The van der Waals surface area contributed by atoms with Crippen LogP contribution in [0.4, 0.5) is 0 Å². The summed E-state index contributed by atoms with van der Waals surface area (Å²) in [5.41, 5.74) is 1.44. The number of hydrogen-bond donors (Lipinski definition) is 0. The summed E-state index contributed by atoms with van der Waals surface area (Å²) in [5.74, 6) is 0. The summed E-state index contributed by atoms with van der Waals surface area (Å²) in [4.78, 5) is 5.15. The molecule has 36 heavy (non-hydrogen) atoms. The minimum absolute atomic E-state index is 0.397. The normalized spacial score (nSPS) is 15.3. The van der Waals surface area contributed by atoms with Crippen molar-refractivity contribution in [2.24, 2.45) is 0 Å². The van der Waals surface area contributed by atoms with Crippen molar-refractivity contribution >= 4 is 0 Å². The number of hydrogen-bond acceptors (Lipinski definition) is 2. The van der Waals surface area contributed by atoms with E-state index in [1.807, 2.05) is 0 Å². The molecule has 1 atom stereocenters. The second kappa shape index (κ2) is 21.6. The Hall–Kier alpha value is -1.44. The van der Waals surface area contributed by atoms with Crippen LogP contribution in [0.25, 0.3) is 0 Å². The van der Waals surface area contributed by atoms with Gasteiger partial charge in [-0.15, -0.1) is 0 Å². The van der Waals surface area contributed by atoms with E-state index in [1.165, 1.54) is 153 Å². The second-order valence-electron chi connectivity index (χ2n) is 11.3. The van der Waals surface area contributed by atoms with Crippen LogP contribution >= 0.6 is 0 Å². The first kappa shape index (κ1) is 30.8. The van der Waals surface area contributed by atoms with Gasteiger partial charge < -0.3 is 9.80 Å². The topological polar surface area (TPSA) is 6.48 Å². The quantitative estimate of drug-likeness (QED) is 0.131. The molecular weight excluding hydrogens is 436 g/mol. The summed E-state index contributed by atoms with van der Waals surface area (Å²) in [7, 11) is 0. The Morgan fingerprint density at radius 2 is 0.778 bits per heavy atom. The molecule has 0 radical (unpaired) electrons. The highest BCUT2D eigenvalue weighted by atomic mass is 15.4. The lowest BCUT2D eigenvalue weighted by Crippen LogP contribution is -2.32.